The van der Waals surface area contributed by atoms with Gasteiger partial charge in [0, 0.05) is 6.54 Å². The van der Waals surface area contributed by atoms with E-state index in [2.05, 4.69) is 40.1 Å². The summed E-state index contributed by atoms with van der Waals surface area (Å²) in [6.45, 7) is 5.36. The van der Waals surface area contributed by atoms with E-state index in [1.54, 1.807) is 6.20 Å². The predicted octanol–water partition coefficient (Wildman–Crippen LogP) is 3.96. The molecule has 0 bridgehead atoms. The van der Waals surface area contributed by atoms with Crippen molar-refractivity contribution in [3.8, 4) is 0 Å². The lowest BCUT2D eigenvalue weighted by atomic mass is 10.1. The Morgan fingerprint density at radius 3 is 2.93 bits per heavy atom. The van der Waals surface area contributed by atoms with Gasteiger partial charge in [-0.05, 0) is 27.9 Å². The van der Waals surface area contributed by atoms with Gasteiger partial charge in [0.25, 0.3) is 0 Å². The highest BCUT2D eigenvalue weighted by molar-refractivity contribution is 9.10. The molecule has 78 valence electrons. The standard InChI is InChI=1S/C10H14BrClN2/c1-3-7(2)5-13-8-4-9(11)10(12)14-6-8/h4,6-7,13H,3,5H2,1-2H3. The molecule has 0 radical (unpaired) electrons. The van der Waals surface area contributed by atoms with Crippen molar-refractivity contribution in [2.24, 2.45) is 5.92 Å². The van der Waals surface area contributed by atoms with E-state index in [1.807, 2.05) is 6.07 Å². The van der Waals surface area contributed by atoms with Crippen LogP contribution in [0.1, 0.15) is 20.3 Å². The Morgan fingerprint density at radius 2 is 2.36 bits per heavy atom. The predicted molar refractivity (Wildman–Crippen MR) is 64.9 cm³/mol. The summed E-state index contributed by atoms with van der Waals surface area (Å²) in [7, 11) is 0. The van der Waals surface area contributed by atoms with Gasteiger partial charge in [-0.15, -0.1) is 0 Å². The van der Waals surface area contributed by atoms with Crippen LogP contribution in [0.25, 0.3) is 0 Å². The lowest BCUT2D eigenvalue weighted by Gasteiger charge is -2.11. The summed E-state index contributed by atoms with van der Waals surface area (Å²) >= 11 is 9.12. The maximum Gasteiger partial charge on any atom is 0.143 e. The van der Waals surface area contributed by atoms with E-state index in [4.69, 9.17) is 11.6 Å². The first-order chi connectivity index (χ1) is 6.63. The van der Waals surface area contributed by atoms with E-state index in [9.17, 15) is 0 Å². The van der Waals surface area contributed by atoms with Gasteiger partial charge in [-0.25, -0.2) is 4.98 Å². The molecule has 14 heavy (non-hydrogen) atoms. The van der Waals surface area contributed by atoms with E-state index in [0.717, 1.165) is 16.7 Å². The van der Waals surface area contributed by atoms with Gasteiger partial charge < -0.3 is 5.32 Å². The molecule has 1 aromatic rings. The van der Waals surface area contributed by atoms with Crippen LogP contribution in [0, 0.1) is 5.92 Å². The summed E-state index contributed by atoms with van der Waals surface area (Å²) in [4.78, 5) is 4.04. The highest BCUT2D eigenvalue weighted by Gasteiger charge is 2.01. The largest absolute Gasteiger partial charge is 0.384 e. The Labute approximate surface area is 98.2 Å². The van der Waals surface area contributed by atoms with Crippen LogP contribution in [0.5, 0.6) is 0 Å². The Morgan fingerprint density at radius 1 is 1.64 bits per heavy atom. The minimum atomic E-state index is 0.499. The van der Waals surface area contributed by atoms with Gasteiger partial charge in [-0.3, -0.25) is 0 Å². The number of rotatable bonds is 4. The zero-order valence-electron chi connectivity index (χ0n) is 8.35. The van der Waals surface area contributed by atoms with Gasteiger partial charge in [0.1, 0.15) is 5.15 Å². The SMILES string of the molecule is CCC(C)CNc1cnc(Cl)c(Br)c1. The molecule has 2 nitrogen and oxygen atoms in total. The molecule has 0 spiro atoms. The highest BCUT2D eigenvalue weighted by atomic mass is 79.9. The molecule has 0 aliphatic carbocycles. The zero-order chi connectivity index (χ0) is 10.6. The van der Waals surface area contributed by atoms with Crippen LogP contribution >= 0.6 is 27.5 Å². The molecule has 0 fully saturated rings. The first kappa shape index (κ1) is 11.8. The minimum Gasteiger partial charge on any atom is -0.384 e. The maximum absolute atomic E-state index is 5.78. The third-order valence-corrected chi connectivity index (χ3v) is 3.28. The fraction of sp³-hybridized carbons (Fsp3) is 0.500. The molecule has 4 heteroatoms. The smallest absolute Gasteiger partial charge is 0.143 e. The van der Waals surface area contributed by atoms with Crippen molar-refractivity contribution in [2.45, 2.75) is 20.3 Å². The molecule has 1 atom stereocenters. The van der Waals surface area contributed by atoms with E-state index in [-0.39, 0.29) is 0 Å². The van der Waals surface area contributed by atoms with Crippen LogP contribution in [0.2, 0.25) is 5.15 Å². The maximum atomic E-state index is 5.78. The number of hydrogen-bond acceptors (Lipinski definition) is 2. The topological polar surface area (TPSA) is 24.9 Å². The lowest BCUT2D eigenvalue weighted by Crippen LogP contribution is -2.10. The number of hydrogen-bond donors (Lipinski definition) is 1. The van der Waals surface area contributed by atoms with Crippen molar-refractivity contribution in [2.75, 3.05) is 11.9 Å². The minimum absolute atomic E-state index is 0.499. The number of anilines is 1. The zero-order valence-corrected chi connectivity index (χ0v) is 10.7. The highest BCUT2D eigenvalue weighted by Crippen LogP contribution is 2.22. The van der Waals surface area contributed by atoms with Crippen LogP contribution < -0.4 is 5.32 Å². The monoisotopic (exact) mass is 276 g/mol. The average Bonchev–Trinajstić information content (AvgIpc) is 2.19. The quantitative estimate of drug-likeness (QED) is 0.843. The number of nitrogens with zero attached hydrogens (tertiary/aromatic N) is 1. The molecule has 0 amide bonds. The molecule has 0 saturated carbocycles. The lowest BCUT2D eigenvalue weighted by molar-refractivity contribution is 0.593. The van der Waals surface area contributed by atoms with E-state index in [0.29, 0.717) is 11.1 Å². The third kappa shape index (κ3) is 3.46. The second-order valence-corrected chi connectivity index (χ2v) is 4.60. The molecule has 0 saturated heterocycles. The molecular weight excluding hydrogens is 263 g/mol. The molecule has 0 aromatic carbocycles. The number of aromatic nitrogens is 1. The Balaban J connectivity index is 2.55. The molecule has 1 N–H and O–H groups in total. The van der Waals surface area contributed by atoms with Crippen molar-refractivity contribution in [1.82, 2.24) is 4.98 Å². The van der Waals surface area contributed by atoms with Gasteiger partial charge in [0.15, 0.2) is 0 Å². The van der Waals surface area contributed by atoms with Gasteiger partial charge in [0.05, 0.1) is 16.4 Å². The molecule has 0 aliphatic heterocycles. The van der Waals surface area contributed by atoms with Crippen LogP contribution in [0.3, 0.4) is 0 Å². The van der Waals surface area contributed by atoms with Gasteiger partial charge >= 0.3 is 0 Å². The average molecular weight is 278 g/mol. The second kappa shape index (κ2) is 5.56. The van der Waals surface area contributed by atoms with Crippen molar-refractivity contribution < 1.29 is 0 Å². The summed E-state index contributed by atoms with van der Waals surface area (Å²) < 4.78 is 0.827. The fourth-order valence-electron chi connectivity index (χ4n) is 0.954. The van der Waals surface area contributed by atoms with Crippen LogP contribution in [0.4, 0.5) is 5.69 Å². The number of nitrogens with one attached hydrogen (secondary N) is 1. The van der Waals surface area contributed by atoms with E-state index in [1.165, 1.54) is 6.42 Å². The van der Waals surface area contributed by atoms with Crippen molar-refractivity contribution in [3.63, 3.8) is 0 Å². The Hall–Kier alpha value is -0.280. The third-order valence-electron chi connectivity index (χ3n) is 2.15. The van der Waals surface area contributed by atoms with Gasteiger partial charge in [0.2, 0.25) is 0 Å². The summed E-state index contributed by atoms with van der Waals surface area (Å²) in [6, 6.07) is 1.94. The van der Waals surface area contributed by atoms with Crippen molar-refractivity contribution >= 4 is 33.2 Å². The summed E-state index contributed by atoms with van der Waals surface area (Å²) in [5.41, 5.74) is 1.00. The summed E-state index contributed by atoms with van der Waals surface area (Å²) in [5, 5.41) is 3.81. The van der Waals surface area contributed by atoms with Gasteiger partial charge in [-0.1, -0.05) is 31.9 Å². The number of halogens is 2. The molecule has 1 rings (SSSR count). The Kier molecular flexibility index (Phi) is 4.69. The molecule has 0 aliphatic rings. The fourth-order valence-corrected chi connectivity index (χ4v) is 1.41. The van der Waals surface area contributed by atoms with E-state index >= 15 is 0 Å². The van der Waals surface area contributed by atoms with Crippen LogP contribution in [-0.4, -0.2) is 11.5 Å². The van der Waals surface area contributed by atoms with Gasteiger partial charge in [-0.2, -0.15) is 0 Å². The van der Waals surface area contributed by atoms with Crippen LogP contribution in [-0.2, 0) is 0 Å². The molecule has 1 aromatic heterocycles. The first-order valence-corrected chi connectivity index (χ1v) is 5.85. The summed E-state index contributed by atoms with van der Waals surface area (Å²) in [6.07, 6.45) is 2.92. The van der Waals surface area contributed by atoms with E-state index < -0.39 is 0 Å². The molecule has 1 unspecified atom stereocenters. The first-order valence-electron chi connectivity index (χ1n) is 4.68. The normalized spacial score (nSPS) is 12.6. The summed E-state index contributed by atoms with van der Waals surface area (Å²) in [5.74, 6) is 0.671. The Bertz CT molecular complexity index is 304. The van der Waals surface area contributed by atoms with Crippen molar-refractivity contribution in [1.29, 1.82) is 0 Å². The molecule has 1 heterocycles. The molecular formula is C10H14BrClN2. The number of pyridine rings is 1. The van der Waals surface area contributed by atoms with Crippen molar-refractivity contribution in [3.05, 3.63) is 21.9 Å². The second-order valence-electron chi connectivity index (χ2n) is 3.39. The van der Waals surface area contributed by atoms with Crippen LogP contribution in [0.15, 0.2) is 16.7 Å².